The van der Waals surface area contributed by atoms with Gasteiger partial charge in [0, 0.05) is 5.56 Å². The summed E-state index contributed by atoms with van der Waals surface area (Å²) in [4.78, 5) is 0. The summed E-state index contributed by atoms with van der Waals surface area (Å²) in [5.74, 6) is -0.878. The van der Waals surface area contributed by atoms with E-state index in [0.29, 0.717) is 5.56 Å². The van der Waals surface area contributed by atoms with Gasteiger partial charge in [-0.15, -0.1) is 0 Å². The van der Waals surface area contributed by atoms with E-state index in [4.69, 9.17) is 5.73 Å². The van der Waals surface area contributed by atoms with Crippen molar-refractivity contribution in [2.45, 2.75) is 11.5 Å². The Morgan fingerprint density at radius 1 is 1.31 bits per heavy atom. The molecule has 0 bridgehead atoms. The first-order valence-corrected chi connectivity index (χ1v) is 5.58. The Labute approximate surface area is 75.3 Å². The monoisotopic (exact) mass is 201 g/mol. The first kappa shape index (κ1) is 8.50. The maximum Gasteiger partial charge on any atom is 0.158 e. The zero-order valence-electron chi connectivity index (χ0n) is 6.75. The summed E-state index contributed by atoms with van der Waals surface area (Å²) in [5.41, 5.74) is 6.09. The normalized spacial score (nSPS) is 18.5. The van der Waals surface area contributed by atoms with Gasteiger partial charge in [0.25, 0.3) is 0 Å². The fourth-order valence-corrected chi connectivity index (χ4v) is 3.08. The van der Waals surface area contributed by atoms with Gasteiger partial charge in [0.05, 0.1) is 17.2 Å². The molecule has 1 aromatic carbocycles. The molecule has 1 heterocycles. The average molecular weight is 201 g/mol. The van der Waals surface area contributed by atoms with E-state index >= 15 is 0 Å². The van der Waals surface area contributed by atoms with Crippen LogP contribution in [0.15, 0.2) is 12.1 Å². The number of halogens is 1. The first-order chi connectivity index (χ1) is 5.99. The summed E-state index contributed by atoms with van der Waals surface area (Å²) in [6.07, 6.45) is 0. The lowest BCUT2D eigenvalue weighted by atomic mass is 10.1. The third-order valence-electron chi connectivity index (χ3n) is 2.11. The third-order valence-corrected chi connectivity index (χ3v) is 3.59. The van der Waals surface area contributed by atoms with Crippen molar-refractivity contribution in [2.75, 3.05) is 5.73 Å². The van der Waals surface area contributed by atoms with Gasteiger partial charge in [-0.25, -0.2) is 12.8 Å². The Balaban J connectivity index is 2.65. The highest BCUT2D eigenvalue weighted by molar-refractivity contribution is 7.90. The van der Waals surface area contributed by atoms with Crippen molar-refractivity contribution in [2.24, 2.45) is 0 Å². The molecule has 0 saturated carbocycles. The largest absolute Gasteiger partial charge is 0.396 e. The molecular weight excluding hydrogens is 193 g/mol. The molecule has 13 heavy (non-hydrogen) atoms. The van der Waals surface area contributed by atoms with E-state index < -0.39 is 15.7 Å². The molecule has 1 aliphatic heterocycles. The fraction of sp³-hybridized carbons (Fsp3) is 0.250. The minimum atomic E-state index is -3.14. The number of benzene rings is 1. The molecule has 0 saturated heterocycles. The second kappa shape index (κ2) is 2.45. The summed E-state index contributed by atoms with van der Waals surface area (Å²) in [6, 6.07) is 2.97. The van der Waals surface area contributed by atoms with Gasteiger partial charge >= 0.3 is 0 Å². The smallest absolute Gasteiger partial charge is 0.158 e. The summed E-state index contributed by atoms with van der Waals surface area (Å²) in [5, 5.41) is 0. The lowest BCUT2D eigenvalue weighted by molar-refractivity contribution is 0.594. The van der Waals surface area contributed by atoms with Crippen LogP contribution in [0.1, 0.15) is 11.1 Å². The summed E-state index contributed by atoms with van der Waals surface area (Å²) in [6.45, 7) is 0. The third kappa shape index (κ3) is 1.29. The molecule has 1 aromatic rings. The van der Waals surface area contributed by atoms with Crippen molar-refractivity contribution in [3.05, 3.63) is 29.1 Å². The second-order valence-electron chi connectivity index (χ2n) is 3.14. The zero-order chi connectivity index (χ0) is 9.64. The molecule has 0 unspecified atom stereocenters. The van der Waals surface area contributed by atoms with Crippen LogP contribution in [0.3, 0.4) is 0 Å². The van der Waals surface area contributed by atoms with Crippen LogP contribution in [0, 0.1) is 5.82 Å². The molecule has 3 nitrogen and oxygen atoms in total. The molecule has 0 radical (unpaired) electrons. The maximum absolute atomic E-state index is 13.3. The van der Waals surface area contributed by atoms with Crippen LogP contribution < -0.4 is 5.73 Å². The summed E-state index contributed by atoms with van der Waals surface area (Å²) >= 11 is 0. The molecule has 2 rings (SSSR count). The van der Waals surface area contributed by atoms with Crippen molar-refractivity contribution in [1.29, 1.82) is 0 Å². The Bertz CT molecular complexity index is 467. The van der Waals surface area contributed by atoms with E-state index in [9.17, 15) is 12.8 Å². The van der Waals surface area contributed by atoms with Gasteiger partial charge in [0.2, 0.25) is 0 Å². The van der Waals surface area contributed by atoms with E-state index in [1.54, 1.807) is 6.07 Å². The minimum absolute atomic E-state index is 0.0100. The number of rotatable bonds is 0. The van der Waals surface area contributed by atoms with Crippen molar-refractivity contribution in [3.63, 3.8) is 0 Å². The second-order valence-corrected chi connectivity index (χ2v) is 5.20. The molecule has 0 amide bonds. The topological polar surface area (TPSA) is 60.2 Å². The van der Waals surface area contributed by atoms with Crippen molar-refractivity contribution >= 4 is 15.5 Å². The molecule has 0 fully saturated rings. The minimum Gasteiger partial charge on any atom is -0.396 e. The SMILES string of the molecule is Nc1ccc2c(c1F)CS(=O)(=O)C2. The quantitative estimate of drug-likeness (QED) is 0.632. The lowest BCUT2D eigenvalue weighted by Gasteiger charge is -2.00. The van der Waals surface area contributed by atoms with Gasteiger partial charge < -0.3 is 5.73 Å². The predicted octanol–water partition coefficient (Wildman–Crippen LogP) is 0.836. The van der Waals surface area contributed by atoms with Crippen LogP contribution in [0.25, 0.3) is 0 Å². The molecule has 0 atom stereocenters. The van der Waals surface area contributed by atoms with Crippen LogP contribution in [-0.2, 0) is 21.3 Å². The van der Waals surface area contributed by atoms with E-state index in [1.165, 1.54) is 6.07 Å². The summed E-state index contributed by atoms with van der Waals surface area (Å²) in [7, 11) is -3.14. The number of nitrogens with two attached hydrogens (primary N) is 1. The van der Waals surface area contributed by atoms with Crippen LogP contribution >= 0.6 is 0 Å². The highest BCUT2D eigenvalue weighted by Crippen LogP contribution is 2.29. The molecular formula is C8H8FNO2S. The van der Waals surface area contributed by atoms with E-state index in [2.05, 4.69) is 0 Å². The van der Waals surface area contributed by atoms with Gasteiger partial charge in [0.1, 0.15) is 0 Å². The van der Waals surface area contributed by atoms with E-state index in [1.807, 2.05) is 0 Å². The highest BCUT2D eigenvalue weighted by atomic mass is 32.2. The number of sulfone groups is 1. The number of anilines is 1. The summed E-state index contributed by atoms with van der Waals surface area (Å²) < 4.78 is 35.5. The Hall–Kier alpha value is -1.10. The number of hydrogen-bond acceptors (Lipinski definition) is 3. The molecule has 0 aromatic heterocycles. The van der Waals surface area contributed by atoms with Crippen LogP contribution in [0.4, 0.5) is 10.1 Å². The van der Waals surface area contributed by atoms with Gasteiger partial charge in [-0.1, -0.05) is 6.07 Å². The number of hydrogen-bond donors (Lipinski definition) is 1. The van der Waals surface area contributed by atoms with Gasteiger partial charge in [-0.2, -0.15) is 0 Å². The number of fused-ring (bicyclic) bond motifs is 1. The van der Waals surface area contributed by atoms with Crippen LogP contribution in [-0.4, -0.2) is 8.42 Å². The van der Waals surface area contributed by atoms with Crippen molar-refractivity contribution in [3.8, 4) is 0 Å². The molecule has 5 heteroatoms. The first-order valence-electron chi connectivity index (χ1n) is 3.76. The van der Waals surface area contributed by atoms with Gasteiger partial charge in [-0.05, 0) is 11.6 Å². The van der Waals surface area contributed by atoms with Gasteiger partial charge in [0.15, 0.2) is 15.7 Å². The van der Waals surface area contributed by atoms with Crippen molar-refractivity contribution in [1.82, 2.24) is 0 Å². The van der Waals surface area contributed by atoms with Crippen LogP contribution in [0.2, 0.25) is 0 Å². The maximum atomic E-state index is 13.3. The molecule has 0 aliphatic carbocycles. The van der Waals surface area contributed by atoms with Gasteiger partial charge in [-0.3, -0.25) is 0 Å². The fourth-order valence-electron chi connectivity index (χ4n) is 1.48. The molecule has 1 aliphatic rings. The Morgan fingerprint density at radius 2 is 2.00 bits per heavy atom. The molecule has 0 spiro atoms. The van der Waals surface area contributed by atoms with E-state index in [-0.39, 0.29) is 22.8 Å². The molecule has 70 valence electrons. The Kier molecular flexibility index (Phi) is 1.60. The van der Waals surface area contributed by atoms with Crippen LogP contribution in [0.5, 0.6) is 0 Å². The standard InChI is InChI=1S/C8H8FNO2S/c9-8-6-4-13(11,12)3-5(6)1-2-7(8)10/h1-2H,3-4,10H2. The highest BCUT2D eigenvalue weighted by Gasteiger charge is 2.27. The predicted molar refractivity (Wildman–Crippen MR) is 47.1 cm³/mol. The van der Waals surface area contributed by atoms with Crippen molar-refractivity contribution < 1.29 is 12.8 Å². The Morgan fingerprint density at radius 3 is 2.69 bits per heavy atom. The van der Waals surface area contributed by atoms with E-state index in [0.717, 1.165) is 0 Å². The zero-order valence-corrected chi connectivity index (χ0v) is 7.57. The molecule has 2 N–H and O–H groups in total. The lowest BCUT2D eigenvalue weighted by Crippen LogP contribution is -1.97. The average Bonchev–Trinajstić information content (AvgIpc) is 2.34. The number of nitrogen functional groups attached to an aromatic ring is 1.